The second-order valence-electron chi connectivity index (χ2n) is 9.78. The third-order valence-electron chi connectivity index (χ3n) is 6.79. The van der Waals surface area contributed by atoms with Crippen molar-refractivity contribution in [3.8, 4) is 23.0 Å². The molecule has 0 aliphatic heterocycles. The van der Waals surface area contributed by atoms with Crippen molar-refractivity contribution in [2.45, 2.75) is 23.6 Å². The average molecular weight is 713 g/mol. The minimum absolute atomic E-state index is 0.00319. The van der Waals surface area contributed by atoms with Crippen LogP contribution in [0.1, 0.15) is 12.8 Å². The second kappa shape index (κ2) is 14.7. The molecule has 0 bridgehead atoms. The monoisotopic (exact) mass is 712 g/mol. The van der Waals surface area contributed by atoms with E-state index in [0.717, 1.165) is 18.2 Å². The number of aromatic nitrogens is 3. The van der Waals surface area contributed by atoms with Gasteiger partial charge in [-0.2, -0.15) is 13.4 Å². The van der Waals surface area contributed by atoms with Crippen molar-refractivity contribution in [1.82, 2.24) is 15.0 Å². The average Bonchev–Trinajstić information content (AvgIpc) is 3.07. The number of ether oxygens (including phenoxy) is 2. The summed E-state index contributed by atoms with van der Waals surface area (Å²) in [4.78, 5) is 11.7. The maximum absolute atomic E-state index is 11.6. The number of anilines is 2. The number of aryl methyl sites for hydroxylation is 2. The summed E-state index contributed by atoms with van der Waals surface area (Å²) in [6.45, 7) is 3.40. The zero-order valence-corrected chi connectivity index (χ0v) is 27.4. The first-order valence-electron chi connectivity index (χ1n) is 14.1. The van der Waals surface area contributed by atoms with E-state index in [1.54, 1.807) is 32.0 Å². The van der Waals surface area contributed by atoms with Crippen molar-refractivity contribution in [3.63, 3.8) is 0 Å². The number of nitrogens with one attached hydrogen (secondary N) is 1. The van der Waals surface area contributed by atoms with Gasteiger partial charge in [0.2, 0.25) is 5.95 Å². The molecule has 4 aromatic carbocycles. The van der Waals surface area contributed by atoms with Crippen LogP contribution in [0.15, 0.2) is 85.1 Å². The van der Waals surface area contributed by atoms with E-state index in [4.69, 9.17) is 16.1 Å². The summed E-state index contributed by atoms with van der Waals surface area (Å²) in [5.41, 5.74) is 0.816. The molecule has 20 heteroatoms. The number of methoxy groups -OCH3 is 2. The molecule has 0 fully saturated rings. The lowest BCUT2D eigenvalue weighted by Crippen LogP contribution is -2.01. The lowest BCUT2D eigenvalue weighted by atomic mass is 10.0. The largest absolute Gasteiger partial charge is 0.506 e. The fraction of sp³-hybridized carbons (Fsp3) is 0.138. The zero-order valence-electron chi connectivity index (χ0n) is 26.8. The summed E-state index contributed by atoms with van der Waals surface area (Å²) in [5.74, 6) is 0.160. The molecule has 0 aliphatic carbocycles. The molecular formula is C29H26N8O10S2. The molecule has 5 N–H and O–H groups in total. The fourth-order valence-corrected chi connectivity index (χ4v) is 5.40. The Morgan fingerprint density at radius 2 is 1.55 bits per heavy atom. The highest BCUT2D eigenvalue weighted by atomic mass is 32.2. The molecule has 0 radical (unpaired) electrons. The van der Waals surface area contributed by atoms with E-state index in [1.807, 2.05) is 0 Å². The minimum Gasteiger partial charge on any atom is -0.506 e. The number of rotatable bonds is 12. The Morgan fingerprint density at radius 3 is 2.18 bits per heavy atom. The lowest BCUT2D eigenvalue weighted by Gasteiger charge is -2.14. The van der Waals surface area contributed by atoms with Crippen LogP contribution in [0.5, 0.6) is 23.0 Å². The number of phenols is 2. The highest BCUT2D eigenvalue weighted by molar-refractivity contribution is 7.94. The molecule has 0 spiro atoms. The van der Waals surface area contributed by atoms with E-state index in [-0.39, 0.29) is 57.1 Å². The fourth-order valence-electron chi connectivity index (χ4n) is 4.41. The topological polar surface area (TPSA) is 252 Å². The molecule has 254 valence electrons. The van der Waals surface area contributed by atoms with Gasteiger partial charge in [-0.25, -0.2) is 15.2 Å². The summed E-state index contributed by atoms with van der Waals surface area (Å²) >= 11 is 0.516. The maximum atomic E-state index is 11.6. The number of nitrogens with zero attached hydrogens (tertiary/aromatic N) is 7. The van der Waals surface area contributed by atoms with Gasteiger partial charge in [0, 0.05) is 23.2 Å². The number of phenolic OH excluding ortho intramolecular Hbond substituents is 2. The van der Waals surface area contributed by atoms with Crippen molar-refractivity contribution in [3.05, 3.63) is 66.2 Å². The quantitative estimate of drug-likeness (QED) is 0.0279. The minimum atomic E-state index is -4.61. The molecule has 0 saturated carbocycles. The Kier molecular flexibility index (Phi) is 10.0. The van der Waals surface area contributed by atoms with Crippen molar-refractivity contribution in [2.75, 3.05) is 19.5 Å². The van der Waals surface area contributed by atoms with E-state index in [2.05, 4.69) is 50.1 Å². The van der Waals surface area contributed by atoms with Crippen molar-refractivity contribution < 1.29 is 48.7 Å². The van der Waals surface area contributed by atoms with Crippen LogP contribution in [-0.4, -0.2) is 57.6 Å². The number of benzene rings is 4. The summed E-state index contributed by atoms with van der Waals surface area (Å²) in [6.07, 6.45) is -0.213. The predicted octanol–water partition coefficient (Wildman–Crippen LogP) is 7.32. The molecule has 1 heterocycles. The van der Waals surface area contributed by atoms with Gasteiger partial charge >= 0.3 is 0 Å². The number of hydrogen-bond donors (Lipinski definition) is 5. The van der Waals surface area contributed by atoms with Gasteiger partial charge < -0.3 is 25.0 Å². The SMILES string of the molecule is [3H]c1nc(C)nc(Nc2ccc3c(O)c(N=Nc4cc(OC)c(OC)cc4N=Nc4cc(S(=O)(=O)O)ccc4O)c(SOOO)cc3c2C)n1. The molecule has 1 aromatic heterocycles. The first kappa shape index (κ1) is 33.4. The van der Waals surface area contributed by atoms with Crippen LogP contribution < -0.4 is 14.8 Å². The Hall–Kier alpha value is -5.51. The highest BCUT2D eigenvalue weighted by Crippen LogP contribution is 2.47. The van der Waals surface area contributed by atoms with Gasteiger partial charge in [0.1, 0.15) is 42.0 Å². The van der Waals surface area contributed by atoms with Crippen LogP contribution in [0.3, 0.4) is 0 Å². The third-order valence-corrected chi connectivity index (χ3v) is 8.26. The van der Waals surface area contributed by atoms with Crippen molar-refractivity contribution in [2.24, 2.45) is 20.5 Å². The van der Waals surface area contributed by atoms with Gasteiger partial charge in [-0.1, -0.05) is 5.04 Å². The first-order valence-corrected chi connectivity index (χ1v) is 15.8. The van der Waals surface area contributed by atoms with Crippen LogP contribution in [0.4, 0.5) is 34.4 Å². The molecule has 5 rings (SSSR count). The van der Waals surface area contributed by atoms with E-state index in [1.165, 1.54) is 26.4 Å². The van der Waals surface area contributed by atoms with E-state index >= 15 is 0 Å². The molecular weight excluding hydrogens is 684 g/mol. The van der Waals surface area contributed by atoms with Crippen molar-refractivity contribution in [1.29, 1.82) is 0 Å². The summed E-state index contributed by atoms with van der Waals surface area (Å²) in [7, 11) is -1.85. The van der Waals surface area contributed by atoms with E-state index in [9.17, 15) is 23.2 Å². The predicted molar refractivity (Wildman–Crippen MR) is 175 cm³/mol. The number of fused-ring (bicyclic) bond motifs is 1. The van der Waals surface area contributed by atoms with Gasteiger partial charge in [0.05, 0.1) is 36.1 Å². The molecule has 0 aliphatic rings. The van der Waals surface area contributed by atoms with Gasteiger partial charge in [0.15, 0.2) is 17.2 Å². The standard InChI is InChI=1S/C29H26N8O10S2/c1-14-18-10-26(48-47-46-40)27(28(39)17(18)6-7-19(14)33-29-31-13-30-15(2)32-29)37-35-21-12-25(45-4)24(44-3)11-20(21)34-36-22-9-16(49(41,42)43)5-8-23(22)38/h5-13,38-40H,1-4H3,(H,41,42,43)(H,30,31,32,33)/i13T. The maximum Gasteiger partial charge on any atom is 0.294 e. The van der Waals surface area contributed by atoms with Crippen molar-refractivity contribution >= 4 is 67.3 Å². The van der Waals surface area contributed by atoms with Gasteiger partial charge in [-0.3, -0.25) is 4.55 Å². The summed E-state index contributed by atoms with van der Waals surface area (Å²) in [5, 5.41) is 54.7. The van der Waals surface area contributed by atoms with Gasteiger partial charge in [-0.05, 0) is 61.2 Å². The van der Waals surface area contributed by atoms with E-state index in [0.29, 0.717) is 39.9 Å². The van der Waals surface area contributed by atoms with Gasteiger partial charge in [-0.15, -0.1) is 24.8 Å². The smallest absolute Gasteiger partial charge is 0.294 e. The molecule has 0 unspecified atom stereocenters. The number of azo groups is 2. The van der Waals surface area contributed by atoms with Crippen LogP contribution in [0, 0.1) is 13.8 Å². The Labute approximate surface area is 283 Å². The van der Waals surface area contributed by atoms with Crippen LogP contribution >= 0.6 is 12.0 Å². The summed E-state index contributed by atoms with van der Waals surface area (Å²) < 4.78 is 55.8. The summed E-state index contributed by atoms with van der Waals surface area (Å²) in [6, 6.07) is 10.6. The van der Waals surface area contributed by atoms with E-state index < -0.39 is 20.8 Å². The Morgan fingerprint density at radius 1 is 0.878 bits per heavy atom. The van der Waals surface area contributed by atoms with Crippen LogP contribution in [-0.2, 0) is 19.5 Å². The molecule has 0 amide bonds. The highest BCUT2D eigenvalue weighted by Gasteiger charge is 2.19. The molecule has 5 aromatic rings. The zero-order chi connectivity index (χ0) is 36.2. The normalized spacial score (nSPS) is 12.2. The molecule has 0 saturated heterocycles. The van der Waals surface area contributed by atoms with Crippen LogP contribution in [0.25, 0.3) is 10.8 Å². The molecule has 49 heavy (non-hydrogen) atoms. The first-order chi connectivity index (χ1) is 23.8. The van der Waals surface area contributed by atoms with Crippen LogP contribution in [0.2, 0.25) is 0 Å². The molecule has 18 nitrogen and oxygen atoms in total. The number of aromatic hydroxyl groups is 2. The Bertz CT molecular complexity index is 2260. The van der Waals surface area contributed by atoms with Gasteiger partial charge in [0.25, 0.3) is 10.1 Å². The molecule has 0 atom stereocenters. The Balaban J connectivity index is 1.60. The second-order valence-corrected chi connectivity index (χ2v) is 11.9. The lowest BCUT2D eigenvalue weighted by molar-refractivity contribution is -0.432. The number of hydrogen-bond acceptors (Lipinski definition) is 18. The third kappa shape index (κ3) is 7.80.